The molecule has 1 aromatic carbocycles. The van der Waals surface area contributed by atoms with Crippen molar-refractivity contribution >= 4 is 11.8 Å². The van der Waals surface area contributed by atoms with Gasteiger partial charge in [0.15, 0.2) is 0 Å². The van der Waals surface area contributed by atoms with Crippen LogP contribution in [0.3, 0.4) is 0 Å². The first-order chi connectivity index (χ1) is 11.9. The molecule has 0 aliphatic carbocycles. The lowest BCUT2D eigenvalue weighted by molar-refractivity contribution is -0.135. The monoisotopic (exact) mass is 348 g/mol. The number of rotatable bonds is 3. The van der Waals surface area contributed by atoms with Gasteiger partial charge < -0.3 is 14.5 Å². The average Bonchev–Trinajstić information content (AvgIpc) is 2.91. The molecule has 0 N–H and O–H groups in total. The minimum Gasteiger partial charge on any atom is -0.371 e. The van der Waals surface area contributed by atoms with E-state index in [1.54, 1.807) is 12.1 Å². The Balaban J connectivity index is 1.66. The lowest BCUT2D eigenvalue weighted by Gasteiger charge is -2.34. The van der Waals surface area contributed by atoms with Crippen LogP contribution in [0.5, 0.6) is 0 Å². The number of amides is 2. The summed E-state index contributed by atoms with van der Waals surface area (Å²) in [5.41, 5.74) is 0.623. The molecular formula is C19H25FN2O3. The molecule has 2 aliphatic rings. The SMILES string of the molecule is CC(C)N1CC2(CCN(C(=O)Cc3ccc(F)cc3)C2)COCC1=O. The smallest absolute Gasteiger partial charge is 0.248 e. The molecule has 0 aromatic heterocycles. The normalized spacial score (nSPS) is 24.2. The maximum Gasteiger partial charge on any atom is 0.248 e. The summed E-state index contributed by atoms with van der Waals surface area (Å²) in [5, 5.41) is 0. The molecule has 5 nitrogen and oxygen atoms in total. The summed E-state index contributed by atoms with van der Waals surface area (Å²) in [7, 11) is 0. The highest BCUT2D eigenvalue weighted by molar-refractivity contribution is 5.79. The fourth-order valence-electron chi connectivity index (χ4n) is 3.69. The molecule has 0 radical (unpaired) electrons. The number of benzene rings is 1. The van der Waals surface area contributed by atoms with Crippen LogP contribution >= 0.6 is 0 Å². The number of ether oxygens (including phenoxy) is 1. The summed E-state index contributed by atoms with van der Waals surface area (Å²) in [6.45, 7) is 6.52. The Morgan fingerprint density at radius 1 is 1.28 bits per heavy atom. The van der Waals surface area contributed by atoms with Gasteiger partial charge in [-0.15, -0.1) is 0 Å². The molecule has 3 rings (SSSR count). The standard InChI is InChI=1S/C19H25FN2O3/c1-14(2)22-12-19(13-25-10-18(22)24)7-8-21(11-19)17(23)9-15-3-5-16(20)6-4-15/h3-6,14H,7-13H2,1-2H3. The van der Waals surface area contributed by atoms with Crippen molar-refractivity contribution in [1.29, 1.82) is 0 Å². The molecule has 0 saturated carbocycles. The Morgan fingerprint density at radius 3 is 2.68 bits per heavy atom. The third kappa shape index (κ3) is 4.00. The summed E-state index contributed by atoms with van der Waals surface area (Å²) in [4.78, 5) is 28.5. The van der Waals surface area contributed by atoms with Crippen molar-refractivity contribution in [3.05, 3.63) is 35.6 Å². The van der Waals surface area contributed by atoms with Crippen molar-refractivity contribution in [1.82, 2.24) is 9.80 Å². The van der Waals surface area contributed by atoms with Gasteiger partial charge in [-0.05, 0) is 38.0 Å². The van der Waals surface area contributed by atoms with Gasteiger partial charge in [-0.1, -0.05) is 12.1 Å². The maximum atomic E-state index is 13.0. The van der Waals surface area contributed by atoms with E-state index < -0.39 is 0 Å². The predicted molar refractivity (Wildman–Crippen MR) is 91.4 cm³/mol. The molecule has 2 amide bonds. The van der Waals surface area contributed by atoms with Gasteiger partial charge in [0.25, 0.3) is 0 Å². The first kappa shape index (κ1) is 17.9. The number of carbonyl (C=O) groups excluding carboxylic acids is 2. The first-order valence-corrected chi connectivity index (χ1v) is 8.78. The van der Waals surface area contributed by atoms with Gasteiger partial charge in [0.05, 0.1) is 13.0 Å². The van der Waals surface area contributed by atoms with E-state index in [0.717, 1.165) is 12.0 Å². The fraction of sp³-hybridized carbons (Fsp3) is 0.579. The van der Waals surface area contributed by atoms with Gasteiger partial charge in [0, 0.05) is 31.1 Å². The van der Waals surface area contributed by atoms with Gasteiger partial charge in [0.2, 0.25) is 11.8 Å². The molecule has 1 atom stereocenters. The quantitative estimate of drug-likeness (QED) is 0.838. The van der Waals surface area contributed by atoms with E-state index >= 15 is 0 Å². The zero-order chi connectivity index (χ0) is 18.0. The highest BCUT2D eigenvalue weighted by Crippen LogP contribution is 2.34. The summed E-state index contributed by atoms with van der Waals surface area (Å²) in [6, 6.07) is 6.16. The van der Waals surface area contributed by atoms with Crippen LogP contribution in [0.2, 0.25) is 0 Å². The molecule has 0 bridgehead atoms. The molecule has 2 aliphatic heterocycles. The minimum absolute atomic E-state index is 0.0166. The van der Waals surface area contributed by atoms with Gasteiger partial charge in [0.1, 0.15) is 12.4 Å². The van der Waals surface area contributed by atoms with Crippen molar-refractivity contribution in [2.45, 2.75) is 32.7 Å². The third-order valence-electron chi connectivity index (χ3n) is 5.14. The van der Waals surface area contributed by atoms with E-state index in [1.807, 2.05) is 23.6 Å². The van der Waals surface area contributed by atoms with E-state index in [1.165, 1.54) is 12.1 Å². The van der Waals surface area contributed by atoms with Gasteiger partial charge in [-0.2, -0.15) is 0 Å². The molecule has 1 unspecified atom stereocenters. The zero-order valence-corrected chi connectivity index (χ0v) is 14.8. The van der Waals surface area contributed by atoms with Crippen molar-refractivity contribution in [2.24, 2.45) is 5.41 Å². The van der Waals surface area contributed by atoms with Crippen LogP contribution in [0, 0.1) is 11.2 Å². The Labute approximate surface area is 147 Å². The van der Waals surface area contributed by atoms with Crippen LogP contribution in [-0.4, -0.2) is 60.5 Å². The lowest BCUT2D eigenvalue weighted by atomic mass is 9.87. The molecule has 6 heteroatoms. The predicted octanol–water partition coefficient (Wildman–Crippen LogP) is 1.85. The van der Waals surface area contributed by atoms with E-state index in [2.05, 4.69) is 0 Å². The number of halogens is 1. The number of hydrogen-bond acceptors (Lipinski definition) is 3. The van der Waals surface area contributed by atoms with Crippen molar-refractivity contribution in [2.75, 3.05) is 32.8 Å². The van der Waals surface area contributed by atoms with E-state index in [0.29, 0.717) is 26.2 Å². The minimum atomic E-state index is -0.301. The van der Waals surface area contributed by atoms with E-state index in [9.17, 15) is 14.0 Å². The van der Waals surface area contributed by atoms with Crippen LogP contribution < -0.4 is 0 Å². The second-order valence-electron chi connectivity index (χ2n) is 7.48. The zero-order valence-electron chi connectivity index (χ0n) is 14.8. The van der Waals surface area contributed by atoms with Crippen LogP contribution in [0.25, 0.3) is 0 Å². The van der Waals surface area contributed by atoms with Crippen LogP contribution in [-0.2, 0) is 20.7 Å². The molecular weight excluding hydrogens is 323 g/mol. The number of carbonyl (C=O) groups is 2. The fourth-order valence-corrected chi connectivity index (χ4v) is 3.69. The highest BCUT2D eigenvalue weighted by Gasteiger charge is 2.44. The van der Waals surface area contributed by atoms with Crippen LogP contribution in [0.4, 0.5) is 4.39 Å². The van der Waals surface area contributed by atoms with Gasteiger partial charge in [-0.25, -0.2) is 4.39 Å². The average molecular weight is 348 g/mol. The second-order valence-corrected chi connectivity index (χ2v) is 7.48. The summed E-state index contributed by atoms with van der Waals surface area (Å²) < 4.78 is 18.6. The lowest BCUT2D eigenvalue weighted by Crippen LogP contribution is -2.46. The number of likely N-dealkylation sites (tertiary alicyclic amines) is 1. The molecule has 2 fully saturated rings. The Kier molecular flexibility index (Phi) is 5.08. The topological polar surface area (TPSA) is 49.9 Å². The summed E-state index contributed by atoms with van der Waals surface area (Å²) in [5.74, 6) is -0.247. The Hall–Kier alpha value is -1.95. The second kappa shape index (κ2) is 7.12. The Bertz CT molecular complexity index is 647. The largest absolute Gasteiger partial charge is 0.371 e. The molecule has 1 aromatic rings. The molecule has 2 heterocycles. The van der Waals surface area contributed by atoms with E-state index in [4.69, 9.17) is 4.74 Å². The molecule has 1 spiro atoms. The molecule has 136 valence electrons. The number of hydrogen-bond donors (Lipinski definition) is 0. The number of nitrogens with zero attached hydrogens (tertiary/aromatic N) is 2. The highest BCUT2D eigenvalue weighted by atomic mass is 19.1. The van der Waals surface area contributed by atoms with Crippen molar-refractivity contribution in [3.63, 3.8) is 0 Å². The van der Waals surface area contributed by atoms with Gasteiger partial charge >= 0.3 is 0 Å². The maximum absolute atomic E-state index is 13.0. The Morgan fingerprint density at radius 2 is 2.00 bits per heavy atom. The van der Waals surface area contributed by atoms with Gasteiger partial charge in [-0.3, -0.25) is 9.59 Å². The summed E-state index contributed by atoms with van der Waals surface area (Å²) in [6.07, 6.45) is 1.10. The van der Waals surface area contributed by atoms with Crippen molar-refractivity contribution < 1.29 is 18.7 Å². The summed E-state index contributed by atoms with van der Waals surface area (Å²) >= 11 is 0. The van der Waals surface area contributed by atoms with Crippen LogP contribution in [0.1, 0.15) is 25.8 Å². The molecule has 2 saturated heterocycles. The first-order valence-electron chi connectivity index (χ1n) is 8.78. The third-order valence-corrected chi connectivity index (χ3v) is 5.14. The van der Waals surface area contributed by atoms with Crippen molar-refractivity contribution in [3.8, 4) is 0 Å². The molecule has 25 heavy (non-hydrogen) atoms. The van der Waals surface area contributed by atoms with Crippen LogP contribution in [0.15, 0.2) is 24.3 Å². The van der Waals surface area contributed by atoms with E-state index in [-0.39, 0.29) is 42.1 Å².